The van der Waals surface area contributed by atoms with Gasteiger partial charge in [0.15, 0.2) is 0 Å². The molecule has 1 N–H and O–H groups in total. The number of nitrogens with zero attached hydrogens (tertiary/aromatic N) is 1. The first-order valence-corrected chi connectivity index (χ1v) is 7.03. The number of benzene rings is 1. The van der Waals surface area contributed by atoms with Crippen LogP contribution >= 0.6 is 15.9 Å². The molecule has 1 aliphatic heterocycles. The van der Waals surface area contributed by atoms with Crippen molar-refractivity contribution in [1.29, 1.82) is 0 Å². The van der Waals surface area contributed by atoms with Crippen LogP contribution in [0.1, 0.15) is 11.7 Å². The highest BCUT2D eigenvalue weighted by molar-refractivity contribution is 9.10. The molecule has 7 heteroatoms. The van der Waals surface area contributed by atoms with E-state index in [9.17, 15) is 13.6 Å². The van der Waals surface area contributed by atoms with Gasteiger partial charge in [-0.05, 0) is 17.7 Å². The number of hydrogen-bond acceptors (Lipinski definition) is 2. The van der Waals surface area contributed by atoms with Gasteiger partial charge in [-0.15, -0.1) is 0 Å². The maximum atomic E-state index is 12.1. The number of carbonyl (C=O) groups is 1. The molecular formula is C13H15BrF2N2O2. The summed E-state index contributed by atoms with van der Waals surface area (Å²) in [5.74, 6) is 0. The van der Waals surface area contributed by atoms with Crippen molar-refractivity contribution in [3.63, 3.8) is 0 Å². The van der Waals surface area contributed by atoms with Crippen molar-refractivity contribution in [1.82, 2.24) is 10.2 Å². The smallest absolute Gasteiger partial charge is 0.317 e. The van der Waals surface area contributed by atoms with Gasteiger partial charge in [0, 0.05) is 11.0 Å². The molecule has 110 valence electrons. The number of alkyl halides is 2. The summed E-state index contributed by atoms with van der Waals surface area (Å²) in [5.41, 5.74) is 0.958. The summed E-state index contributed by atoms with van der Waals surface area (Å²) in [5, 5.41) is 2.21. The number of ether oxygens (including phenoxy) is 1. The van der Waals surface area contributed by atoms with Crippen LogP contribution in [0.4, 0.5) is 13.6 Å². The third kappa shape index (κ3) is 4.14. The third-order valence-electron chi connectivity index (χ3n) is 3.00. The molecule has 0 saturated carbocycles. The molecule has 0 aromatic heterocycles. The predicted octanol–water partition coefficient (Wildman–Crippen LogP) is 2.80. The molecule has 4 nitrogen and oxygen atoms in total. The normalized spacial score (nSPS) is 19.2. The zero-order valence-corrected chi connectivity index (χ0v) is 12.3. The number of carbonyl (C=O) groups excluding carboxylic acids is 1. The summed E-state index contributed by atoms with van der Waals surface area (Å²) in [6.07, 6.45) is -2.77. The molecule has 2 rings (SSSR count). The van der Waals surface area contributed by atoms with Crippen LogP contribution < -0.4 is 5.32 Å². The van der Waals surface area contributed by atoms with E-state index in [0.717, 1.165) is 10.0 Å². The number of urea groups is 1. The number of nitrogens with one attached hydrogen (secondary N) is 1. The van der Waals surface area contributed by atoms with Crippen LogP contribution in [0, 0.1) is 0 Å². The van der Waals surface area contributed by atoms with Crippen LogP contribution in [-0.2, 0) is 4.74 Å². The lowest BCUT2D eigenvalue weighted by Crippen LogP contribution is -2.48. The van der Waals surface area contributed by atoms with Crippen LogP contribution in [0.25, 0.3) is 0 Å². The van der Waals surface area contributed by atoms with Crippen LogP contribution in [0.2, 0.25) is 0 Å². The Bertz CT molecular complexity index is 456. The van der Waals surface area contributed by atoms with E-state index in [4.69, 9.17) is 4.74 Å². The Morgan fingerprint density at radius 2 is 2.15 bits per heavy atom. The number of hydrogen-bond donors (Lipinski definition) is 1. The second kappa shape index (κ2) is 6.99. The van der Waals surface area contributed by atoms with Gasteiger partial charge in [-0.2, -0.15) is 0 Å². The molecule has 0 aliphatic carbocycles. The number of rotatable bonds is 3. The van der Waals surface area contributed by atoms with Crippen molar-refractivity contribution in [3.05, 3.63) is 34.3 Å². The van der Waals surface area contributed by atoms with Gasteiger partial charge in [0.25, 0.3) is 6.43 Å². The second-order valence-electron chi connectivity index (χ2n) is 4.43. The van der Waals surface area contributed by atoms with E-state index in [1.807, 2.05) is 24.3 Å². The molecular weight excluding hydrogens is 334 g/mol. The Morgan fingerprint density at radius 3 is 2.80 bits per heavy atom. The van der Waals surface area contributed by atoms with Gasteiger partial charge in [-0.25, -0.2) is 13.6 Å². The molecule has 1 aliphatic rings. The van der Waals surface area contributed by atoms with E-state index in [1.165, 1.54) is 4.90 Å². The highest BCUT2D eigenvalue weighted by Gasteiger charge is 2.25. The largest absolute Gasteiger partial charge is 0.370 e. The highest BCUT2D eigenvalue weighted by Crippen LogP contribution is 2.23. The Morgan fingerprint density at radius 1 is 1.45 bits per heavy atom. The molecule has 1 atom stereocenters. The van der Waals surface area contributed by atoms with Gasteiger partial charge in [0.2, 0.25) is 0 Å². The minimum atomic E-state index is -2.54. The number of halogens is 3. The summed E-state index contributed by atoms with van der Waals surface area (Å²) in [4.78, 5) is 13.3. The van der Waals surface area contributed by atoms with Gasteiger partial charge in [0.1, 0.15) is 6.10 Å². The molecule has 1 saturated heterocycles. The van der Waals surface area contributed by atoms with Gasteiger partial charge in [-0.3, -0.25) is 0 Å². The van der Waals surface area contributed by atoms with Crippen molar-refractivity contribution in [2.45, 2.75) is 12.5 Å². The van der Waals surface area contributed by atoms with Crippen molar-refractivity contribution in [2.75, 3.05) is 26.2 Å². The van der Waals surface area contributed by atoms with Crippen molar-refractivity contribution in [3.8, 4) is 0 Å². The molecule has 2 amide bonds. The maximum absolute atomic E-state index is 12.1. The van der Waals surface area contributed by atoms with E-state index >= 15 is 0 Å². The average Bonchev–Trinajstić information content (AvgIpc) is 2.45. The Labute approximate surface area is 124 Å². The Hall–Kier alpha value is -1.21. The van der Waals surface area contributed by atoms with Gasteiger partial charge < -0.3 is 15.0 Å². The molecule has 1 aromatic carbocycles. The fourth-order valence-electron chi connectivity index (χ4n) is 1.99. The first kappa shape index (κ1) is 15.2. The molecule has 1 aromatic rings. The predicted molar refractivity (Wildman–Crippen MR) is 73.8 cm³/mol. The quantitative estimate of drug-likeness (QED) is 0.912. The van der Waals surface area contributed by atoms with Crippen molar-refractivity contribution in [2.24, 2.45) is 0 Å². The summed E-state index contributed by atoms with van der Waals surface area (Å²) in [6.45, 7) is 0.529. The lowest BCUT2D eigenvalue weighted by Gasteiger charge is -2.33. The molecule has 0 bridgehead atoms. The minimum absolute atomic E-state index is 0.228. The van der Waals surface area contributed by atoms with E-state index in [1.54, 1.807) is 0 Å². The summed E-state index contributed by atoms with van der Waals surface area (Å²) in [6, 6.07) is 7.14. The van der Waals surface area contributed by atoms with E-state index in [-0.39, 0.29) is 6.10 Å². The monoisotopic (exact) mass is 348 g/mol. The van der Waals surface area contributed by atoms with Gasteiger partial charge in [-0.1, -0.05) is 28.1 Å². The van der Waals surface area contributed by atoms with E-state index in [2.05, 4.69) is 21.2 Å². The fraction of sp³-hybridized carbons (Fsp3) is 0.462. The number of morpholine rings is 1. The molecule has 20 heavy (non-hydrogen) atoms. The van der Waals surface area contributed by atoms with Crippen molar-refractivity contribution >= 4 is 22.0 Å². The first-order valence-electron chi connectivity index (χ1n) is 6.24. The fourth-order valence-corrected chi connectivity index (χ4v) is 2.25. The SMILES string of the molecule is O=C(NCC(F)F)N1CCOC(c2ccc(Br)cc2)C1. The van der Waals surface area contributed by atoms with Crippen LogP contribution in [0.5, 0.6) is 0 Å². The van der Waals surface area contributed by atoms with E-state index in [0.29, 0.717) is 19.7 Å². The lowest BCUT2D eigenvalue weighted by atomic mass is 10.1. The number of amides is 2. The molecule has 1 heterocycles. The van der Waals surface area contributed by atoms with E-state index < -0.39 is 19.0 Å². The third-order valence-corrected chi connectivity index (χ3v) is 3.53. The topological polar surface area (TPSA) is 41.6 Å². The van der Waals surface area contributed by atoms with Gasteiger partial charge >= 0.3 is 6.03 Å². The lowest BCUT2D eigenvalue weighted by molar-refractivity contribution is -0.0159. The zero-order chi connectivity index (χ0) is 14.5. The standard InChI is InChI=1S/C13H15BrF2N2O2/c14-10-3-1-9(2-4-10)11-8-18(5-6-20-11)13(19)17-7-12(15)16/h1-4,11-12H,5-8H2,(H,17,19). The van der Waals surface area contributed by atoms with Crippen LogP contribution in [0.3, 0.4) is 0 Å². The summed E-state index contributed by atoms with van der Waals surface area (Å²) >= 11 is 3.35. The van der Waals surface area contributed by atoms with Crippen LogP contribution in [0.15, 0.2) is 28.7 Å². The average molecular weight is 349 g/mol. The highest BCUT2D eigenvalue weighted by atomic mass is 79.9. The molecule has 1 fully saturated rings. The van der Waals surface area contributed by atoms with Crippen molar-refractivity contribution < 1.29 is 18.3 Å². The molecule has 0 spiro atoms. The summed E-state index contributed by atoms with van der Waals surface area (Å²) in [7, 11) is 0. The zero-order valence-electron chi connectivity index (χ0n) is 10.7. The summed E-state index contributed by atoms with van der Waals surface area (Å²) < 4.78 is 30.7. The Balaban J connectivity index is 1.94. The first-order chi connectivity index (χ1) is 9.56. The Kier molecular flexibility index (Phi) is 5.31. The van der Waals surface area contributed by atoms with Crippen LogP contribution in [-0.4, -0.2) is 43.6 Å². The molecule has 1 unspecified atom stereocenters. The molecule has 0 radical (unpaired) electrons. The maximum Gasteiger partial charge on any atom is 0.317 e. The van der Waals surface area contributed by atoms with Gasteiger partial charge in [0.05, 0.1) is 19.7 Å². The second-order valence-corrected chi connectivity index (χ2v) is 5.35. The minimum Gasteiger partial charge on any atom is -0.370 e.